The third-order valence-electron chi connectivity index (χ3n) is 4.28. The summed E-state index contributed by atoms with van der Waals surface area (Å²) in [4.78, 5) is 0. The lowest BCUT2D eigenvalue weighted by molar-refractivity contribution is 0.409. The van der Waals surface area contributed by atoms with E-state index < -0.39 is 0 Å². The van der Waals surface area contributed by atoms with Gasteiger partial charge in [0.2, 0.25) is 0 Å². The molecule has 122 valence electrons. The van der Waals surface area contributed by atoms with Crippen molar-refractivity contribution >= 4 is 16.4 Å². The normalized spacial score (nSPS) is 11.3. The number of aryl methyl sites for hydroxylation is 2. The molecule has 5 heteroatoms. The fourth-order valence-corrected chi connectivity index (χ4v) is 3.13. The number of rotatable bonds is 3. The Morgan fingerprint density at radius 3 is 2.33 bits per heavy atom. The minimum absolute atomic E-state index is 0.699. The summed E-state index contributed by atoms with van der Waals surface area (Å²) in [6.45, 7) is 3.96. The van der Waals surface area contributed by atoms with Crippen LogP contribution >= 0.6 is 0 Å². The van der Waals surface area contributed by atoms with Crippen molar-refractivity contribution in [1.29, 1.82) is 0 Å². The zero-order valence-electron chi connectivity index (χ0n) is 14.1. The Bertz CT molecular complexity index is 1060. The second-order valence-corrected chi connectivity index (χ2v) is 5.75. The third kappa shape index (κ3) is 1.98. The van der Waals surface area contributed by atoms with Crippen LogP contribution in [0.4, 0.5) is 0 Å². The fraction of sp³-hybridized carbons (Fsp3) is 0.211. The van der Waals surface area contributed by atoms with E-state index in [9.17, 15) is 0 Å². The molecule has 0 amide bonds. The smallest absolute Gasteiger partial charge is 0.147 e. The van der Waals surface area contributed by atoms with Gasteiger partial charge in [0.25, 0.3) is 0 Å². The van der Waals surface area contributed by atoms with Crippen LogP contribution in [0.25, 0.3) is 27.7 Å². The summed E-state index contributed by atoms with van der Waals surface area (Å²) in [6.07, 6.45) is 0. The molecule has 5 nitrogen and oxygen atoms in total. The highest BCUT2D eigenvalue weighted by Gasteiger charge is 2.21. The van der Waals surface area contributed by atoms with Crippen LogP contribution in [0.3, 0.4) is 0 Å². The first-order valence-electron chi connectivity index (χ1n) is 7.74. The number of methoxy groups -OCH3 is 2. The van der Waals surface area contributed by atoms with Crippen molar-refractivity contribution < 1.29 is 13.9 Å². The van der Waals surface area contributed by atoms with Crippen molar-refractivity contribution in [2.24, 2.45) is 0 Å². The van der Waals surface area contributed by atoms with Gasteiger partial charge >= 0.3 is 0 Å². The van der Waals surface area contributed by atoms with Crippen molar-refractivity contribution in [1.82, 2.24) is 9.61 Å². The van der Waals surface area contributed by atoms with Crippen LogP contribution in [-0.4, -0.2) is 23.8 Å². The van der Waals surface area contributed by atoms with Gasteiger partial charge in [-0.2, -0.15) is 5.10 Å². The zero-order chi connectivity index (χ0) is 16.8. The molecular formula is C19H18N2O3. The van der Waals surface area contributed by atoms with Crippen LogP contribution in [0.1, 0.15) is 11.5 Å². The van der Waals surface area contributed by atoms with Gasteiger partial charge in [0, 0.05) is 5.69 Å². The molecule has 0 unspecified atom stereocenters. The van der Waals surface area contributed by atoms with Crippen molar-refractivity contribution in [2.45, 2.75) is 13.8 Å². The highest BCUT2D eigenvalue weighted by Crippen LogP contribution is 2.41. The maximum Gasteiger partial charge on any atom is 0.147 e. The van der Waals surface area contributed by atoms with E-state index in [0.717, 1.165) is 44.9 Å². The minimum atomic E-state index is 0.699. The van der Waals surface area contributed by atoms with E-state index in [4.69, 9.17) is 19.0 Å². The zero-order valence-corrected chi connectivity index (χ0v) is 14.1. The SMILES string of the molecule is COc1ccc(OC)c2c(-c3ccc(C)o3)c3ccc(C)n3nc12. The molecule has 24 heavy (non-hydrogen) atoms. The number of fused-ring (bicyclic) bond motifs is 2. The quantitative estimate of drug-likeness (QED) is 0.561. The molecule has 0 saturated heterocycles. The number of nitrogens with zero attached hydrogens (tertiary/aromatic N) is 2. The molecule has 1 aromatic carbocycles. The monoisotopic (exact) mass is 322 g/mol. The van der Waals surface area contributed by atoms with Gasteiger partial charge < -0.3 is 13.9 Å². The van der Waals surface area contributed by atoms with E-state index in [0.29, 0.717) is 5.75 Å². The maximum atomic E-state index is 5.93. The summed E-state index contributed by atoms with van der Waals surface area (Å²) in [6, 6.07) is 11.8. The fourth-order valence-electron chi connectivity index (χ4n) is 3.13. The summed E-state index contributed by atoms with van der Waals surface area (Å²) in [7, 11) is 3.30. The molecule has 4 aromatic rings. The van der Waals surface area contributed by atoms with Gasteiger partial charge in [-0.1, -0.05) is 0 Å². The molecule has 0 fully saturated rings. The van der Waals surface area contributed by atoms with Crippen molar-refractivity contribution in [3.63, 3.8) is 0 Å². The van der Waals surface area contributed by atoms with E-state index in [1.807, 2.05) is 54.8 Å². The first-order valence-corrected chi connectivity index (χ1v) is 7.74. The Hall–Kier alpha value is -2.95. The Labute approximate surface area is 139 Å². The van der Waals surface area contributed by atoms with E-state index in [1.54, 1.807) is 14.2 Å². The molecule has 0 spiro atoms. The van der Waals surface area contributed by atoms with Gasteiger partial charge in [0.15, 0.2) is 0 Å². The van der Waals surface area contributed by atoms with Crippen molar-refractivity contribution in [2.75, 3.05) is 14.2 Å². The Kier molecular flexibility index (Phi) is 3.23. The molecule has 0 radical (unpaired) electrons. The van der Waals surface area contributed by atoms with Gasteiger partial charge in [-0.3, -0.25) is 0 Å². The maximum absolute atomic E-state index is 5.93. The average Bonchev–Trinajstić information content (AvgIpc) is 3.18. The van der Waals surface area contributed by atoms with Gasteiger partial charge in [0.05, 0.1) is 30.7 Å². The van der Waals surface area contributed by atoms with Gasteiger partial charge in [0.1, 0.15) is 28.5 Å². The number of aromatic nitrogens is 2. The predicted octanol–water partition coefficient (Wildman–Crippen LogP) is 4.38. The van der Waals surface area contributed by atoms with Crippen molar-refractivity contribution in [3.05, 3.63) is 47.9 Å². The lowest BCUT2D eigenvalue weighted by Gasteiger charge is -2.14. The van der Waals surface area contributed by atoms with E-state index in [2.05, 4.69) is 0 Å². The molecule has 3 aromatic heterocycles. The average molecular weight is 322 g/mol. The first-order chi connectivity index (χ1) is 11.6. The molecule has 0 bridgehead atoms. The second-order valence-electron chi connectivity index (χ2n) is 5.75. The summed E-state index contributed by atoms with van der Waals surface area (Å²) < 4.78 is 19.0. The molecule has 4 rings (SSSR count). The molecule has 0 saturated carbocycles. The number of hydrogen-bond acceptors (Lipinski definition) is 4. The van der Waals surface area contributed by atoms with Crippen LogP contribution in [0.15, 0.2) is 40.8 Å². The molecule has 0 aliphatic heterocycles. The molecule has 0 atom stereocenters. The third-order valence-corrected chi connectivity index (χ3v) is 4.28. The standard InChI is InChI=1S/C19H18N2O3/c1-11-5-7-13-17(15-8-6-12(2)24-15)18-14(22-3)9-10-16(23-4)19(18)20-21(11)13/h5-10H,1-4H3. The summed E-state index contributed by atoms with van der Waals surface area (Å²) in [5.41, 5.74) is 3.71. The lowest BCUT2D eigenvalue weighted by atomic mass is 10.0. The number of hydrogen-bond donors (Lipinski definition) is 0. The molecular weight excluding hydrogens is 304 g/mol. The van der Waals surface area contributed by atoms with E-state index in [-0.39, 0.29) is 0 Å². The van der Waals surface area contributed by atoms with E-state index in [1.165, 1.54) is 0 Å². The Morgan fingerprint density at radius 2 is 1.67 bits per heavy atom. The minimum Gasteiger partial charge on any atom is -0.496 e. The highest BCUT2D eigenvalue weighted by molar-refractivity contribution is 6.06. The second kappa shape index (κ2) is 5.30. The summed E-state index contributed by atoms with van der Waals surface area (Å²) >= 11 is 0. The van der Waals surface area contributed by atoms with Gasteiger partial charge in [-0.25, -0.2) is 4.52 Å². The largest absolute Gasteiger partial charge is 0.496 e. The lowest BCUT2D eigenvalue weighted by Crippen LogP contribution is -2.00. The molecule has 0 aliphatic rings. The molecule has 0 N–H and O–H groups in total. The number of ether oxygens (including phenoxy) is 2. The van der Waals surface area contributed by atoms with Gasteiger partial charge in [-0.05, 0) is 50.2 Å². The predicted molar refractivity (Wildman–Crippen MR) is 93.0 cm³/mol. The van der Waals surface area contributed by atoms with Crippen LogP contribution in [0.2, 0.25) is 0 Å². The van der Waals surface area contributed by atoms with Crippen LogP contribution in [0.5, 0.6) is 11.5 Å². The van der Waals surface area contributed by atoms with Crippen LogP contribution in [-0.2, 0) is 0 Å². The Morgan fingerprint density at radius 1 is 0.917 bits per heavy atom. The molecule has 3 heterocycles. The molecule has 0 aliphatic carbocycles. The first kappa shape index (κ1) is 14.6. The topological polar surface area (TPSA) is 48.9 Å². The highest BCUT2D eigenvalue weighted by atomic mass is 16.5. The summed E-state index contributed by atoms with van der Waals surface area (Å²) in [5, 5.41) is 5.67. The Balaban J connectivity index is 2.27. The number of benzene rings is 1. The van der Waals surface area contributed by atoms with Crippen LogP contribution in [0, 0.1) is 13.8 Å². The van der Waals surface area contributed by atoms with E-state index >= 15 is 0 Å². The van der Waals surface area contributed by atoms with Crippen LogP contribution < -0.4 is 9.47 Å². The number of furan rings is 1. The summed E-state index contributed by atoms with van der Waals surface area (Å²) in [5.74, 6) is 3.09. The van der Waals surface area contributed by atoms with Crippen molar-refractivity contribution in [3.8, 4) is 22.8 Å². The van der Waals surface area contributed by atoms with Gasteiger partial charge in [-0.15, -0.1) is 0 Å².